The molecule has 0 unspecified atom stereocenters. The van der Waals surface area contributed by atoms with Crippen LogP contribution < -0.4 is 5.32 Å². The average Bonchev–Trinajstić information content (AvgIpc) is 2.99. The molecule has 1 aromatic rings. The number of aliphatic hydroxyl groups excluding tert-OH is 1. The number of terminal acetylenes is 1. The van der Waals surface area contributed by atoms with Crippen LogP contribution in [0.5, 0.6) is 0 Å². The highest BCUT2D eigenvalue weighted by Crippen LogP contribution is 2.15. The number of carbonyl (C=O) groups is 1. The van der Waals surface area contributed by atoms with E-state index in [1.54, 1.807) is 0 Å². The lowest BCUT2D eigenvalue weighted by Crippen LogP contribution is -2.46. The molecule has 2 N–H and O–H groups in total. The molecule has 0 aliphatic carbocycles. The lowest BCUT2D eigenvalue weighted by Gasteiger charge is -2.21. The summed E-state index contributed by atoms with van der Waals surface area (Å²) in [6.07, 6.45) is 6.24. The van der Waals surface area contributed by atoms with E-state index in [1.807, 2.05) is 30.3 Å². The van der Waals surface area contributed by atoms with Gasteiger partial charge >= 0.3 is 0 Å². The third kappa shape index (κ3) is 3.83. The molecule has 1 fully saturated rings. The fraction of sp³-hybridized carbons (Fsp3) is 0.438. The minimum atomic E-state index is -1.10. The molecule has 0 radical (unpaired) electrons. The van der Waals surface area contributed by atoms with Gasteiger partial charge in [0, 0.05) is 13.0 Å². The molecule has 2 rings (SSSR count). The molecule has 1 heterocycles. The van der Waals surface area contributed by atoms with Gasteiger partial charge in [-0.1, -0.05) is 36.3 Å². The largest absolute Gasteiger partial charge is 0.383 e. The zero-order chi connectivity index (χ0) is 14.4. The van der Waals surface area contributed by atoms with E-state index in [4.69, 9.17) is 11.2 Å². The zero-order valence-electron chi connectivity index (χ0n) is 11.3. The Bertz CT molecular complexity index is 474. The Hall–Kier alpha value is -1.83. The highest BCUT2D eigenvalue weighted by atomic mass is 16.5. The SMILES string of the molecule is C#C[C@H](NC(=O)[C@@H](O)Cc1ccccc1)[C@@H]1CCCO1. The minimum absolute atomic E-state index is 0.145. The summed E-state index contributed by atoms with van der Waals surface area (Å²) < 4.78 is 5.47. The first-order valence-electron chi connectivity index (χ1n) is 6.81. The van der Waals surface area contributed by atoms with Crippen LogP contribution in [0.25, 0.3) is 0 Å². The van der Waals surface area contributed by atoms with Gasteiger partial charge in [0.15, 0.2) is 0 Å². The van der Waals surface area contributed by atoms with Gasteiger partial charge in [-0.2, -0.15) is 0 Å². The molecule has 20 heavy (non-hydrogen) atoms. The fourth-order valence-electron chi connectivity index (χ4n) is 2.29. The maximum Gasteiger partial charge on any atom is 0.250 e. The maximum atomic E-state index is 12.0. The monoisotopic (exact) mass is 273 g/mol. The number of hydrogen-bond acceptors (Lipinski definition) is 3. The van der Waals surface area contributed by atoms with Crippen molar-refractivity contribution in [1.82, 2.24) is 5.32 Å². The summed E-state index contributed by atoms with van der Waals surface area (Å²) in [6, 6.07) is 8.90. The van der Waals surface area contributed by atoms with E-state index in [1.165, 1.54) is 0 Å². The van der Waals surface area contributed by atoms with Gasteiger partial charge < -0.3 is 15.2 Å². The zero-order valence-corrected chi connectivity index (χ0v) is 11.3. The molecule has 4 nitrogen and oxygen atoms in total. The molecule has 0 aromatic heterocycles. The summed E-state index contributed by atoms with van der Waals surface area (Å²) in [7, 11) is 0. The van der Waals surface area contributed by atoms with Gasteiger partial charge in [0.1, 0.15) is 12.1 Å². The Labute approximate surface area is 119 Å². The number of ether oxygens (including phenoxy) is 1. The number of amides is 1. The van der Waals surface area contributed by atoms with Gasteiger partial charge in [0.25, 0.3) is 0 Å². The third-order valence-electron chi connectivity index (χ3n) is 3.39. The predicted octanol–water partition coefficient (Wildman–Crippen LogP) is 0.887. The van der Waals surface area contributed by atoms with Crippen LogP contribution in [-0.2, 0) is 16.0 Å². The quantitative estimate of drug-likeness (QED) is 0.783. The Morgan fingerprint density at radius 3 is 2.85 bits per heavy atom. The van der Waals surface area contributed by atoms with E-state index in [9.17, 15) is 9.90 Å². The van der Waals surface area contributed by atoms with Gasteiger partial charge in [-0.05, 0) is 18.4 Å². The highest BCUT2D eigenvalue weighted by Gasteiger charge is 2.27. The number of rotatable bonds is 5. The first-order valence-corrected chi connectivity index (χ1v) is 6.81. The van der Waals surface area contributed by atoms with Crippen LogP contribution in [0.4, 0.5) is 0 Å². The molecule has 0 spiro atoms. The minimum Gasteiger partial charge on any atom is -0.383 e. The first kappa shape index (κ1) is 14.6. The summed E-state index contributed by atoms with van der Waals surface area (Å²) in [5, 5.41) is 12.6. The van der Waals surface area contributed by atoms with Crippen molar-refractivity contribution in [2.75, 3.05) is 6.61 Å². The van der Waals surface area contributed by atoms with E-state index >= 15 is 0 Å². The van der Waals surface area contributed by atoms with Crippen molar-refractivity contribution in [1.29, 1.82) is 0 Å². The second-order valence-corrected chi connectivity index (χ2v) is 4.91. The number of nitrogens with one attached hydrogen (secondary N) is 1. The van der Waals surface area contributed by atoms with E-state index in [0.29, 0.717) is 6.61 Å². The van der Waals surface area contributed by atoms with Gasteiger partial charge in [-0.3, -0.25) is 4.79 Å². The Kier molecular flexibility index (Phi) is 5.16. The molecule has 1 saturated heterocycles. The van der Waals surface area contributed by atoms with E-state index in [2.05, 4.69) is 11.2 Å². The summed E-state index contributed by atoms with van der Waals surface area (Å²) in [5.41, 5.74) is 0.907. The lowest BCUT2D eigenvalue weighted by atomic mass is 10.1. The van der Waals surface area contributed by atoms with Crippen LogP contribution >= 0.6 is 0 Å². The molecule has 3 atom stereocenters. The van der Waals surface area contributed by atoms with Crippen LogP contribution in [0.3, 0.4) is 0 Å². The molecular weight excluding hydrogens is 254 g/mol. The van der Waals surface area contributed by atoms with Gasteiger partial charge in [0.05, 0.1) is 6.10 Å². The van der Waals surface area contributed by atoms with Crippen molar-refractivity contribution in [2.45, 2.75) is 37.5 Å². The average molecular weight is 273 g/mol. The number of aliphatic hydroxyl groups is 1. The lowest BCUT2D eigenvalue weighted by molar-refractivity contribution is -0.130. The number of hydrogen-bond donors (Lipinski definition) is 2. The topological polar surface area (TPSA) is 58.6 Å². The van der Waals surface area contributed by atoms with E-state index in [0.717, 1.165) is 18.4 Å². The number of carbonyl (C=O) groups excluding carboxylic acids is 1. The van der Waals surface area contributed by atoms with Crippen molar-refractivity contribution < 1.29 is 14.6 Å². The van der Waals surface area contributed by atoms with E-state index in [-0.39, 0.29) is 12.5 Å². The van der Waals surface area contributed by atoms with Crippen molar-refractivity contribution in [3.05, 3.63) is 35.9 Å². The normalized spacial score (nSPS) is 20.9. The number of benzene rings is 1. The van der Waals surface area contributed by atoms with Crippen molar-refractivity contribution in [3.63, 3.8) is 0 Å². The predicted molar refractivity (Wildman–Crippen MR) is 75.9 cm³/mol. The van der Waals surface area contributed by atoms with Crippen LogP contribution in [0.2, 0.25) is 0 Å². The summed E-state index contributed by atoms with van der Waals surface area (Å²) in [6.45, 7) is 0.672. The van der Waals surface area contributed by atoms with Crippen LogP contribution in [0, 0.1) is 12.3 Å². The van der Waals surface area contributed by atoms with E-state index < -0.39 is 18.1 Å². The molecule has 1 amide bonds. The molecule has 1 aliphatic heterocycles. The second-order valence-electron chi connectivity index (χ2n) is 4.91. The summed E-state index contributed by atoms with van der Waals surface area (Å²) in [4.78, 5) is 12.0. The van der Waals surface area contributed by atoms with Gasteiger partial charge in [-0.25, -0.2) is 0 Å². The third-order valence-corrected chi connectivity index (χ3v) is 3.39. The van der Waals surface area contributed by atoms with Crippen LogP contribution in [0.15, 0.2) is 30.3 Å². The molecule has 106 valence electrons. The van der Waals surface area contributed by atoms with Crippen LogP contribution in [0.1, 0.15) is 18.4 Å². The Morgan fingerprint density at radius 1 is 1.50 bits per heavy atom. The fourth-order valence-corrected chi connectivity index (χ4v) is 2.29. The first-order chi connectivity index (χ1) is 9.70. The highest BCUT2D eigenvalue weighted by molar-refractivity contribution is 5.81. The summed E-state index contributed by atoms with van der Waals surface area (Å²) in [5.74, 6) is 2.07. The molecule has 0 bridgehead atoms. The molecule has 1 aromatic carbocycles. The van der Waals surface area contributed by atoms with Crippen molar-refractivity contribution in [2.24, 2.45) is 0 Å². The maximum absolute atomic E-state index is 12.0. The molecule has 0 saturated carbocycles. The Morgan fingerprint density at radius 2 is 2.25 bits per heavy atom. The molecular formula is C16H19NO3. The van der Waals surface area contributed by atoms with Gasteiger partial charge in [-0.15, -0.1) is 6.42 Å². The standard InChI is InChI=1S/C16H19NO3/c1-2-13(15-9-6-10-20-15)17-16(19)14(18)11-12-7-4-3-5-8-12/h1,3-5,7-8,13-15,18H,6,9-11H2,(H,17,19)/t13-,14-,15-/m0/s1. The van der Waals surface area contributed by atoms with Crippen LogP contribution in [-0.4, -0.2) is 35.9 Å². The van der Waals surface area contributed by atoms with Crippen molar-refractivity contribution >= 4 is 5.91 Å². The van der Waals surface area contributed by atoms with Crippen molar-refractivity contribution in [3.8, 4) is 12.3 Å². The summed E-state index contributed by atoms with van der Waals surface area (Å²) >= 11 is 0. The second kappa shape index (κ2) is 7.09. The van der Waals surface area contributed by atoms with Gasteiger partial charge in [0.2, 0.25) is 5.91 Å². The molecule has 4 heteroatoms. The molecule has 1 aliphatic rings. The Balaban J connectivity index is 1.88. The smallest absolute Gasteiger partial charge is 0.250 e.